The van der Waals surface area contributed by atoms with Gasteiger partial charge < -0.3 is 9.47 Å². The number of fused-ring (bicyclic) bond motifs is 1. The van der Waals surface area contributed by atoms with Crippen molar-refractivity contribution in [1.82, 2.24) is 4.98 Å². The fourth-order valence-electron chi connectivity index (χ4n) is 2.44. The highest BCUT2D eigenvalue weighted by molar-refractivity contribution is 6.39. The lowest BCUT2D eigenvalue weighted by molar-refractivity contribution is 0.0600. The maximum atomic E-state index is 11.5. The summed E-state index contributed by atoms with van der Waals surface area (Å²) >= 11 is 12.5. The number of esters is 1. The van der Waals surface area contributed by atoms with Gasteiger partial charge in [-0.25, -0.2) is 9.78 Å². The van der Waals surface area contributed by atoms with E-state index < -0.39 is 0 Å². The van der Waals surface area contributed by atoms with Gasteiger partial charge in [-0.1, -0.05) is 35.3 Å². The second-order valence-electron chi connectivity index (χ2n) is 5.50. The summed E-state index contributed by atoms with van der Waals surface area (Å²) in [5, 5.41) is 1.72. The molecule has 0 aliphatic carbocycles. The largest absolute Gasteiger partial charge is 0.485 e. The van der Waals surface area contributed by atoms with Crippen LogP contribution < -0.4 is 4.74 Å². The topological polar surface area (TPSA) is 48.4 Å². The van der Waals surface area contributed by atoms with E-state index in [1.807, 2.05) is 19.1 Å². The van der Waals surface area contributed by atoms with Crippen molar-refractivity contribution in [3.05, 3.63) is 69.3 Å². The highest BCUT2D eigenvalue weighted by Crippen LogP contribution is 2.37. The fourth-order valence-corrected chi connectivity index (χ4v) is 3.01. The number of halogens is 2. The standard InChI is InChI=1S/C19H15Cl2NO3/c1-11-3-8-14-15(20)9-16(21)18(17(14)22-11)25-10-12-4-6-13(7-5-12)19(23)24-2/h3-9H,10H2,1-2H3. The van der Waals surface area contributed by atoms with E-state index in [0.717, 1.165) is 16.6 Å². The molecular formula is C19H15Cl2NO3. The lowest BCUT2D eigenvalue weighted by atomic mass is 10.1. The molecule has 128 valence electrons. The monoisotopic (exact) mass is 375 g/mol. The molecule has 0 radical (unpaired) electrons. The molecule has 0 bridgehead atoms. The highest BCUT2D eigenvalue weighted by atomic mass is 35.5. The van der Waals surface area contributed by atoms with Crippen LogP contribution >= 0.6 is 23.2 Å². The Morgan fingerprint density at radius 1 is 1.08 bits per heavy atom. The number of nitrogens with zero attached hydrogens (tertiary/aromatic N) is 1. The van der Waals surface area contributed by atoms with Crippen LogP contribution in [-0.2, 0) is 11.3 Å². The van der Waals surface area contributed by atoms with Crippen LogP contribution in [0.4, 0.5) is 0 Å². The molecule has 0 N–H and O–H groups in total. The van der Waals surface area contributed by atoms with Gasteiger partial charge >= 0.3 is 5.97 Å². The zero-order valence-corrected chi connectivity index (χ0v) is 15.2. The van der Waals surface area contributed by atoms with Gasteiger partial charge in [0.2, 0.25) is 0 Å². The number of pyridine rings is 1. The number of ether oxygens (including phenoxy) is 2. The fraction of sp³-hybridized carbons (Fsp3) is 0.158. The molecule has 0 aliphatic heterocycles. The number of aryl methyl sites for hydroxylation is 1. The molecule has 3 rings (SSSR count). The zero-order chi connectivity index (χ0) is 18.0. The predicted octanol–water partition coefficient (Wildman–Crippen LogP) is 5.22. The summed E-state index contributed by atoms with van der Waals surface area (Å²) in [5.41, 5.74) is 2.85. The third-order valence-electron chi connectivity index (χ3n) is 3.74. The Labute approximate surface area is 155 Å². The molecule has 0 atom stereocenters. The van der Waals surface area contributed by atoms with E-state index >= 15 is 0 Å². The molecule has 4 nitrogen and oxygen atoms in total. The van der Waals surface area contributed by atoms with Crippen LogP contribution in [0.3, 0.4) is 0 Å². The third kappa shape index (κ3) is 3.70. The lowest BCUT2D eigenvalue weighted by Crippen LogP contribution is -2.02. The molecule has 0 aliphatic rings. The van der Waals surface area contributed by atoms with Crippen LogP contribution in [-0.4, -0.2) is 18.1 Å². The molecule has 1 heterocycles. The summed E-state index contributed by atoms with van der Waals surface area (Å²) < 4.78 is 10.6. The van der Waals surface area contributed by atoms with E-state index in [9.17, 15) is 4.79 Å². The van der Waals surface area contributed by atoms with E-state index in [2.05, 4.69) is 9.72 Å². The second kappa shape index (κ2) is 7.30. The average molecular weight is 376 g/mol. The summed E-state index contributed by atoms with van der Waals surface area (Å²) in [6, 6.07) is 12.4. The van der Waals surface area contributed by atoms with Gasteiger partial charge in [-0.05, 0) is 42.8 Å². The Morgan fingerprint density at radius 2 is 1.80 bits per heavy atom. The number of rotatable bonds is 4. The maximum absolute atomic E-state index is 11.5. The first-order valence-corrected chi connectivity index (χ1v) is 8.30. The molecule has 0 saturated carbocycles. The molecule has 25 heavy (non-hydrogen) atoms. The Morgan fingerprint density at radius 3 is 2.48 bits per heavy atom. The van der Waals surface area contributed by atoms with Crippen molar-refractivity contribution in [2.75, 3.05) is 7.11 Å². The summed E-state index contributed by atoms with van der Waals surface area (Å²) in [6.07, 6.45) is 0. The first kappa shape index (κ1) is 17.5. The average Bonchev–Trinajstić information content (AvgIpc) is 2.61. The molecule has 0 spiro atoms. The van der Waals surface area contributed by atoms with Crippen LogP contribution in [0.2, 0.25) is 10.0 Å². The summed E-state index contributed by atoms with van der Waals surface area (Å²) in [5.74, 6) is 0.112. The van der Waals surface area contributed by atoms with Crippen molar-refractivity contribution in [3.63, 3.8) is 0 Å². The Balaban J connectivity index is 1.88. The van der Waals surface area contributed by atoms with Gasteiger partial charge in [0, 0.05) is 11.1 Å². The van der Waals surface area contributed by atoms with Gasteiger partial charge in [0.05, 0.1) is 22.7 Å². The van der Waals surface area contributed by atoms with Gasteiger partial charge in [0.15, 0.2) is 5.75 Å². The van der Waals surface area contributed by atoms with Crippen LogP contribution in [0.5, 0.6) is 5.75 Å². The number of carbonyl (C=O) groups excluding carboxylic acids is 1. The second-order valence-corrected chi connectivity index (χ2v) is 6.31. The Bertz CT molecular complexity index is 940. The van der Waals surface area contributed by atoms with Crippen LogP contribution in [0.1, 0.15) is 21.6 Å². The van der Waals surface area contributed by atoms with Crippen molar-refractivity contribution in [2.45, 2.75) is 13.5 Å². The first-order valence-electron chi connectivity index (χ1n) is 7.55. The Kier molecular flexibility index (Phi) is 5.11. The van der Waals surface area contributed by atoms with Crippen LogP contribution in [0.25, 0.3) is 10.9 Å². The highest BCUT2D eigenvalue weighted by Gasteiger charge is 2.13. The van der Waals surface area contributed by atoms with Crippen molar-refractivity contribution in [3.8, 4) is 5.75 Å². The molecule has 6 heteroatoms. The van der Waals surface area contributed by atoms with E-state index in [-0.39, 0.29) is 12.6 Å². The van der Waals surface area contributed by atoms with Gasteiger partial charge in [0.1, 0.15) is 12.1 Å². The number of aromatic nitrogens is 1. The van der Waals surface area contributed by atoms with Gasteiger partial charge in [-0.2, -0.15) is 0 Å². The maximum Gasteiger partial charge on any atom is 0.337 e. The first-order chi connectivity index (χ1) is 12.0. The molecule has 1 aromatic heterocycles. The van der Waals surface area contributed by atoms with E-state index in [0.29, 0.717) is 26.9 Å². The number of hydrogen-bond donors (Lipinski definition) is 0. The van der Waals surface area contributed by atoms with Crippen molar-refractivity contribution >= 4 is 40.1 Å². The quantitative estimate of drug-likeness (QED) is 0.586. The summed E-state index contributed by atoms with van der Waals surface area (Å²) in [4.78, 5) is 16.0. The zero-order valence-electron chi connectivity index (χ0n) is 13.7. The van der Waals surface area contributed by atoms with Gasteiger partial charge in [-0.3, -0.25) is 0 Å². The molecule has 0 amide bonds. The molecule has 0 unspecified atom stereocenters. The number of carbonyl (C=O) groups is 1. The normalized spacial score (nSPS) is 10.7. The van der Waals surface area contributed by atoms with E-state index in [1.165, 1.54) is 7.11 Å². The lowest BCUT2D eigenvalue weighted by Gasteiger charge is -2.12. The summed E-state index contributed by atoms with van der Waals surface area (Å²) in [7, 11) is 1.35. The molecule has 2 aromatic carbocycles. The van der Waals surface area contributed by atoms with E-state index in [1.54, 1.807) is 30.3 Å². The third-order valence-corrected chi connectivity index (χ3v) is 4.33. The van der Waals surface area contributed by atoms with Crippen molar-refractivity contribution in [2.24, 2.45) is 0 Å². The minimum absolute atomic E-state index is 0.285. The van der Waals surface area contributed by atoms with Gasteiger partial charge in [-0.15, -0.1) is 0 Å². The molecule has 0 fully saturated rings. The van der Waals surface area contributed by atoms with Crippen molar-refractivity contribution < 1.29 is 14.3 Å². The molecule has 3 aromatic rings. The van der Waals surface area contributed by atoms with E-state index in [4.69, 9.17) is 27.9 Å². The molecular weight excluding hydrogens is 361 g/mol. The summed E-state index contributed by atoms with van der Waals surface area (Å²) in [6.45, 7) is 2.18. The smallest absolute Gasteiger partial charge is 0.337 e. The minimum atomic E-state index is -0.376. The number of benzene rings is 2. The number of hydrogen-bond acceptors (Lipinski definition) is 4. The van der Waals surface area contributed by atoms with Crippen LogP contribution in [0, 0.1) is 6.92 Å². The molecule has 0 saturated heterocycles. The minimum Gasteiger partial charge on any atom is -0.485 e. The SMILES string of the molecule is COC(=O)c1ccc(COc2c(Cl)cc(Cl)c3ccc(C)nc23)cc1. The number of methoxy groups -OCH3 is 1. The predicted molar refractivity (Wildman–Crippen MR) is 98.6 cm³/mol. The van der Waals surface area contributed by atoms with Gasteiger partial charge in [0.25, 0.3) is 0 Å². The Hall–Kier alpha value is -2.30. The van der Waals surface area contributed by atoms with Crippen molar-refractivity contribution in [1.29, 1.82) is 0 Å². The van der Waals surface area contributed by atoms with Crippen LogP contribution in [0.15, 0.2) is 42.5 Å².